The summed E-state index contributed by atoms with van der Waals surface area (Å²) < 4.78 is 40.8. The summed E-state index contributed by atoms with van der Waals surface area (Å²) in [5.74, 6) is -0.385. The Kier molecular flexibility index (Phi) is 4.49. The standard InChI is InChI=1S/C15H22FNO2S/c1-4-14-7-5-6-8-17(14)20(18,19)15-11(2)9-13(16)10-12(15)3/h9-10,14H,4-8H2,1-3H3. The predicted octanol–water partition coefficient (Wildman–Crippen LogP) is 3.40. The number of halogens is 1. The van der Waals surface area contributed by atoms with Crippen LogP contribution in [0.25, 0.3) is 0 Å². The van der Waals surface area contributed by atoms with Gasteiger partial charge in [-0.25, -0.2) is 12.8 Å². The average molecular weight is 299 g/mol. The molecule has 1 saturated heterocycles. The first-order valence-electron chi connectivity index (χ1n) is 7.16. The molecule has 3 nitrogen and oxygen atoms in total. The maximum Gasteiger partial charge on any atom is 0.243 e. The second-order valence-electron chi connectivity index (χ2n) is 5.54. The fraction of sp³-hybridized carbons (Fsp3) is 0.600. The summed E-state index contributed by atoms with van der Waals surface area (Å²) >= 11 is 0. The summed E-state index contributed by atoms with van der Waals surface area (Å²) in [5.41, 5.74) is 0.978. The first-order chi connectivity index (χ1) is 9.37. The predicted molar refractivity (Wildman–Crippen MR) is 77.7 cm³/mol. The van der Waals surface area contributed by atoms with Crippen LogP contribution in [0.5, 0.6) is 0 Å². The van der Waals surface area contributed by atoms with Gasteiger partial charge in [0.25, 0.3) is 0 Å². The van der Waals surface area contributed by atoms with Crippen LogP contribution in [0, 0.1) is 19.7 Å². The Hall–Kier alpha value is -0.940. The van der Waals surface area contributed by atoms with Gasteiger partial charge in [0.15, 0.2) is 0 Å². The van der Waals surface area contributed by atoms with Crippen LogP contribution >= 0.6 is 0 Å². The van der Waals surface area contributed by atoms with Crippen molar-refractivity contribution in [1.29, 1.82) is 0 Å². The SMILES string of the molecule is CCC1CCCCN1S(=O)(=O)c1c(C)cc(F)cc1C. The van der Waals surface area contributed by atoms with Gasteiger partial charge in [-0.3, -0.25) is 0 Å². The minimum Gasteiger partial charge on any atom is -0.207 e. The number of benzene rings is 1. The van der Waals surface area contributed by atoms with Crippen LogP contribution in [0.1, 0.15) is 43.7 Å². The molecule has 0 radical (unpaired) electrons. The van der Waals surface area contributed by atoms with Crippen LogP contribution in [0.15, 0.2) is 17.0 Å². The molecule has 2 rings (SSSR count). The van der Waals surface area contributed by atoms with Crippen LogP contribution < -0.4 is 0 Å². The van der Waals surface area contributed by atoms with Gasteiger partial charge in [0.1, 0.15) is 5.82 Å². The highest BCUT2D eigenvalue weighted by Crippen LogP contribution is 2.30. The lowest BCUT2D eigenvalue weighted by atomic mass is 10.0. The molecule has 1 unspecified atom stereocenters. The van der Waals surface area contributed by atoms with E-state index in [2.05, 4.69) is 0 Å². The van der Waals surface area contributed by atoms with E-state index in [1.165, 1.54) is 12.1 Å². The van der Waals surface area contributed by atoms with E-state index in [0.717, 1.165) is 25.7 Å². The van der Waals surface area contributed by atoms with Crippen molar-refractivity contribution in [3.63, 3.8) is 0 Å². The molecule has 5 heteroatoms. The Bertz CT molecular complexity index is 575. The summed E-state index contributed by atoms with van der Waals surface area (Å²) in [6.07, 6.45) is 3.70. The monoisotopic (exact) mass is 299 g/mol. The van der Waals surface area contributed by atoms with Crippen molar-refractivity contribution in [2.24, 2.45) is 0 Å². The quantitative estimate of drug-likeness (QED) is 0.858. The Morgan fingerprint density at radius 3 is 2.40 bits per heavy atom. The third kappa shape index (κ3) is 2.74. The van der Waals surface area contributed by atoms with Gasteiger partial charge in [0.05, 0.1) is 4.90 Å². The largest absolute Gasteiger partial charge is 0.243 e. The number of hydrogen-bond donors (Lipinski definition) is 0. The average Bonchev–Trinajstić information content (AvgIpc) is 2.37. The van der Waals surface area contributed by atoms with Gasteiger partial charge in [-0.15, -0.1) is 0 Å². The van der Waals surface area contributed by atoms with Gasteiger partial charge in [0, 0.05) is 12.6 Å². The fourth-order valence-corrected chi connectivity index (χ4v) is 5.30. The molecule has 0 amide bonds. The molecule has 1 fully saturated rings. The van der Waals surface area contributed by atoms with Crippen LogP contribution in [-0.2, 0) is 10.0 Å². The molecule has 0 spiro atoms. The van der Waals surface area contributed by atoms with Gasteiger partial charge >= 0.3 is 0 Å². The lowest BCUT2D eigenvalue weighted by Gasteiger charge is -2.34. The van der Waals surface area contributed by atoms with E-state index in [4.69, 9.17) is 0 Å². The Balaban J connectivity index is 2.49. The second kappa shape index (κ2) is 5.82. The smallest absolute Gasteiger partial charge is 0.207 e. The number of piperidine rings is 1. The van der Waals surface area contributed by atoms with E-state index in [1.807, 2.05) is 6.92 Å². The Labute approximate surface area is 120 Å². The highest BCUT2D eigenvalue weighted by atomic mass is 32.2. The summed E-state index contributed by atoms with van der Waals surface area (Å²) in [4.78, 5) is 0.277. The van der Waals surface area contributed by atoms with E-state index in [9.17, 15) is 12.8 Å². The van der Waals surface area contributed by atoms with Crippen molar-refractivity contribution in [1.82, 2.24) is 4.31 Å². The van der Waals surface area contributed by atoms with E-state index in [1.54, 1.807) is 18.2 Å². The molecule has 1 aliphatic rings. The molecule has 0 saturated carbocycles. The topological polar surface area (TPSA) is 37.4 Å². The molecule has 20 heavy (non-hydrogen) atoms. The number of rotatable bonds is 3. The zero-order valence-electron chi connectivity index (χ0n) is 12.3. The van der Waals surface area contributed by atoms with Crippen molar-refractivity contribution >= 4 is 10.0 Å². The van der Waals surface area contributed by atoms with Gasteiger partial charge in [0.2, 0.25) is 10.0 Å². The molecular weight excluding hydrogens is 277 g/mol. The molecule has 1 aromatic carbocycles. The zero-order chi connectivity index (χ0) is 14.9. The first kappa shape index (κ1) is 15.4. The first-order valence-corrected chi connectivity index (χ1v) is 8.60. The molecule has 1 aromatic rings. The molecule has 112 valence electrons. The normalized spacial score (nSPS) is 21.1. The molecule has 0 N–H and O–H groups in total. The fourth-order valence-electron chi connectivity index (χ4n) is 3.12. The van der Waals surface area contributed by atoms with Crippen molar-refractivity contribution in [3.8, 4) is 0 Å². The van der Waals surface area contributed by atoms with Crippen LogP contribution in [-0.4, -0.2) is 25.3 Å². The second-order valence-corrected chi connectivity index (χ2v) is 7.37. The Morgan fingerprint density at radius 2 is 1.85 bits per heavy atom. The van der Waals surface area contributed by atoms with Crippen LogP contribution in [0.3, 0.4) is 0 Å². The summed E-state index contributed by atoms with van der Waals surface area (Å²) in [5, 5.41) is 0. The molecule has 1 aliphatic heterocycles. The highest BCUT2D eigenvalue weighted by molar-refractivity contribution is 7.89. The molecule has 0 aromatic heterocycles. The van der Waals surface area contributed by atoms with Gasteiger partial charge in [-0.2, -0.15) is 4.31 Å². The lowest BCUT2D eigenvalue weighted by molar-refractivity contribution is 0.246. The third-order valence-electron chi connectivity index (χ3n) is 4.04. The van der Waals surface area contributed by atoms with E-state index in [0.29, 0.717) is 17.7 Å². The minimum absolute atomic E-state index is 0.0672. The van der Waals surface area contributed by atoms with Crippen LogP contribution in [0.2, 0.25) is 0 Å². The third-order valence-corrected chi connectivity index (χ3v) is 6.29. The number of hydrogen-bond acceptors (Lipinski definition) is 2. The summed E-state index contributed by atoms with van der Waals surface area (Å²) in [6.45, 7) is 5.90. The number of sulfonamides is 1. The van der Waals surface area contributed by atoms with E-state index in [-0.39, 0.29) is 16.8 Å². The van der Waals surface area contributed by atoms with Crippen molar-refractivity contribution in [2.75, 3.05) is 6.54 Å². The van der Waals surface area contributed by atoms with Gasteiger partial charge < -0.3 is 0 Å². The lowest BCUT2D eigenvalue weighted by Crippen LogP contribution is -2.43. The molecule has 0 bridgehead atoms. The van der Waals surface area contributed by atoms with Gasteiger partial charge in [-0.1, -0.05) is 13.3 Å². The summed E-state index contributed by atoms with van der Waals surface area (Å²) in [6, 6.07) is 2.66. The van der Waals surface area contributed by atoms with Crippen LogP contribution in [0.4, 0.5) is 4.39 Å². The highest BCUT2D eigenvalue weighted by Gasteiger charge is 2.34. The minimum atomic E-state index is -3.53. The molecule has 1 atom stereocenters. The van der Waals surface area contributed by atoms with Crippen molar-refractivity contribution in [3.05, 3.63) is 29.1 Å². The number of aryl methyl sites for hydroxylation is 2. The van der Waals surface area contributed by atoms with E-state index >= 15 is 0 Å². The Morgan fingerprint density at radius 1 is 1.25 bits per heavy atom. The van der Waals surface area contributed by atoms with Crippen molar-refractivity contribution < 1.29 is 12.8 Å². The summed E-state index contributed by atoms with van der Waals surface area (Å²) in [7, 11) is -3.53. The maximum absolute atomic E-state index is 13.4. The molecular formula is C15H22FNO2S. The zero-order valence-corrected chi connectivity index (χ0v) is 13.1. The van der Waals surface area contributed by atoms with E-state index < -0.39 is 10.0 Å². The van der Waals surface area contributed by atoms with Gasteiger partial charge in [-0.05, 0) is 56.4 Å². The maximum atomic E-state index is 13.4. The number of nitrogens with zero attached hydrogens (tertiary/aromatic N) is 1. The van der Waals surface area contributed by atoms with Crippen molar-refractivity contribution in [2.45, 2.75) is 57.4 Å². The molecule has 1 heterocycles. The molecule has 0 aliphatic carbocycles.